The van der Waals surface area contributed by atoms with Gasteiger partial charge in [-0.2, -0.15) is 4.98 Å². The van der Waals surface area contributed by atoms with Crippen LogP contribution in [0.25, 0.3) is 0 Å². The molecule has 12 heteroatoms. The molecule has 0 spiro atoms. The van der Waals surface area contributed by atoms with Gasteiger partial charge in [0.05, 0.1) is 30.9 Å². The zero-order valence-electron chi connectivity index (χ0n) is 22.7. The van der Waals surface area contributed by atoms with Gasteiger partial charge in [-0.25, -0.2) is 4.98 Å². The Morgan fingerprint density at radius 1 is 1.05 bits per heavy atom. The van der Waals surface area contributed by atoms with Crippen molar-refractivity contribution in [1.82, 2.24) is 14.9 Å². The van der Waals surface area contributed by atoms with Crippen LogP contribution in [0.2, 0.25) is 0 Å². The van der Waals surface area contributed by atoms with E-state index in [0.29, 0.717) is 28.7 Å². The number of carbonyl (C=O) groups excluding carboxylic acids is 3. The van der Waals surface area contributed by atoms with Crippen molar-refractivity contribution >= 4 is 34.3 Å². The molecular weight excluding hydrogens is 536 g/mol. The fraction of sp³-hybridized carbons (Fsp3) is 0.393. The zero-order chi connectivity index (χ0) is 28.5. The fourth-order valence-electron chi connectivity index (χ4n) is 4.06. The number of esters is 1. The summed E-state index contributed by atoms with van der Waals surface area (Å²) in [5.74, 6) is -0.0935. The van der Waals surface area contributed by atoms with Crippen LogP contribution in [0.1, 0.15) is 53.1 Å². The third kappa shape index (κ3) is 7.99. The van der Waals surface area contributed by atoms with Crippen LogP contribution in [0.5, 0.6) is 17.5 Å². The summed E-state index contributed by atoms with van der Waals surface area (Å²) in [4.78, 5) is 48.0. The van der Waals surface area contributed by atoms with Gasteiger partial charge in [0.2, 0.25) is 11.8 Å². The highest BCUT2D eigenvalue weighted by molar-refractivity contribution is 7.14. The maximum Gasteiger partial charge on any atom is 0.311 e. The molecule has 1 aliphatic rings. The number of anilines is 1. The molecule has 0 aliphatic carbocycles. The predicted octanol–water partition coefficient (Wildman–Crippen LogP) is 4.34. The van der Waals surface area contributed by atoms with Gasteiger partial charge in [-0.05, 0) is 51.0 Å². The normalized spacial score (nSPS) is 13.5. The molecule has 1 fully saturated rings. The van der Waals surface area contributed by atoms with Gasteiger partial charge in [-0.1, -0.05) is 0 Å². The van der Waals surface area contributed by atoms with Crippen molar-refractivity contribution in [1.29, 1.82) is 0 Å². The number of benzene rings is 1. The van der Waals surface area contributed by atoms with Crippen LogP contribution in [0.3, 0.4) is 0 Å². The van der Waals surface area contributed by atoms with Gasteiger partial charge in [0, 0.05) is 43.3 Å². The monoisotopic (exact) mass is 568 g/mol. The molecule has 0 saturated carbocycles. The van der Waals surface area contributed by atoms with E-state index in [1.807, 2.05) is 11.8 Å². The van der Waals surface area contributed by atoms with Crippen molar-refractivity contribution in [2.45, 2.75) is 39.2 Å². The second-order valence-corrected chi connectivity index (χ2v) is 9.98. The Morgan fingerprint density at radius 3 is 2.48 bits per heavy atom. The average molecular weight is 569 g/mol. The summed E-state index contributed by atoms with van der Waals surface area (Å²) in [6, 6.07) is 9.78. The number of thiazole rings is 1. The third-order valence-electron chi connectivity index (χ3n) is 5.88. The lowest BCUT2D eigenvalue weighted by atomic mass is 10.2. The zero-order valence-corrected chi connectivity index (χ0v) is 23.5. The number of carbonyl (C=O) groups is 3. The summed E-state index contributed by atoms with van der Waals surface area (Å²) in [5, 5.41) is 4.76. The van der Waals surface area contributed by atoms with Crippen LogP contribution in [0, 0.1) is 0 Å². The average Bonchev–Trinajstić information content (AvgIpc) is 3.61. The SMILES string of the molecule is CCOC(=O)Cc1csc(NC(=O)c2cc(Oc3ccc(C(=O)N4CCCC4)cc3)nc(O[C@H](C)COC)c2)n1. The predicted molar refractivity (Wildman–Crippen MR) is 148 cm³/mol. The Morgan fingerprint density at radius 2 is 1.77 bits per heavy atom. The summed E-state index contributed by atoms with van der Waals surface area (Å²) >= 11 is 1.20. The van der Waals surface area contributed by atoms with Crippen molar-refractivity contribution in [3.05, 3.63) is 58.6 Å². The van der Waals surface area contributed by atoms with Crippen molar-refractivity contribution in [2.75, 3.05) is 38.7 Å². The minimum atomic E-state index is -0.458. The first-order valence-electron chi connectivity index (χ1n) is 13.0. The minimum Gasteiger partial charge on any atom is -0.472 e. The largest absolute Gasteiger partial charge is 0.472 e. The molecular formula is C28H32N4O7S. The van der Waals surface area contributed by atoms with Crippen molar-refractivity contribution in [3.8, 4) is 17.5 Å². The number of hydrogen-bond donors (Lipinski definition) is 1. The number of pyridine rings is 1. The lowest BCUT2D eigenvalue weighted by Crippen LogP contribution is -2.27. The Bertz CT molecular complexity index is 1320. The molecule has 0 bridgehead atoms. The maximum absolute atomic E-state index is 13.1. The van der Waals surface area contributed by atoms with E-state index < -0.39 is 5.91 Å². The highest BCUT2D eigenvalue weighted by Crippen LogP contribution is 2.26. The number of aromatic nitrogens is 2. The van der Waals surface area contributed by atoms with Crippen LogP contribution in [0.4, 0.5) is 5.13 Å². The van der Waals surface area contributed by atoms with Gasteiger partial charge in [0.25, 0.3) is 11.8 Å². The molecule has 1 N–H and O–H groups in total. The van der Waals surface area contributed by atoms with Gasteiger partial charge < -0.3 is 23.8 Å². The Labute approximate surface area is 236 Å². The van der Waals surface area contributed by atoms with Crippen molar-refractivity contribution < 1.29 is 33.3 Å². The molecule has 3 heterocycles. The van der Waals surface area contributed by atoms with Gasteiger partial charge in [0.1, 0.15) is 11.9 Å². The molecule has 2 amide bonds. The quantitative estimate of drug-likeness (QED) is 0.317. The summed E-state index contributed by atoms with van der Waals surface area (Å²) in [5.41, 5.74) is 1.31. The molecule has 1 atom stereocenters. The molecule has 4 rings (SSSR count). The third-order valence-corrected chi connectivity index (χ3v) is 6.69. The second kappa shape index (κ2) is 13.9. The standard InChI is InChI=1S/C28H32N4O7S/c1-4-37-25(33)15-21-17-40-28(29-21)31-26(34)20-13-23(38-18(2)16-36-3)30-24(14-20)39-22-9-7-19(8-10-22)27(35)32-11-5-6-12-32/h7-10,13-14,17-18H,4-6,11-12,15-16H2,1-3H3,(H,29,31,34)/t18-/m1/s1. The smallest absolute Gasteiger partial charge is 0.311 e. The van der Waals surface area contributed by atoms with Crippen LogP contribution in [0.15, 0.2) is 41.8 Å². The Hall–Kier alpha value is -4.03. The van der Waals surface area contributed by atoms with E-state index in [1.54, 1.807) is 43.7 Å². The number of hydrogen-bond acceptors (Lipinski definition) is 10. The van der Waals surface area contributed by atoms with Gasteiger partial charge in [-0.15, -0.1) is 11.3 Å². The lowest BCUT2D eigenvalue weighted by Gasteiger charge is -2.16. The molecule has 2 aromatic heterocycles. The number of likely N-dealkylation sites (tertiary alicyclic amines) is 1. The molecule has 212 valence electrons. The summed E-state index contributed by atoms with van der Waals surface area (Å²) in [6.45, 7) is 5.70. The molecule has 0 unspecified atom stereocenters. The molecule has 1 saturated heterocycles. The number of methoxy groups -OCH3 is 1. The van der Waals surface area contributed by atoms with Gasteiger partial charge >= 0.3 is 5.97 Å². The molecule has 11 nitrogen and oxygen atoms in total. The van der Waals surface area contributed by atoms with Crippen LogP contribution >= 0.6 is 11.3 Å². The number of amides is 2. The van der Waals surface area contributed by atoms with Crippen LogP contribution < -0.4 is 14.8 Å². The van der Waals surface area contributed by atoms with Crippen LogP contribution in [-0.2, 0) is 20.7 Å². The van der Waals surface area contributed by atoms with Gasteiger partial charge in [-0.3, -0.25) is 19.7 Å². The van der Waals surface area contributed by atoms with E-state index in [4.69, 9.17) is 18.9 Å². The molecule has 1 aliphatic heterocycles. The van der Waals surface area contributed by atoms with E-state index in [2.05, 4.69) is 15.3 Å². The maximum atomic E-state index is 13.1. The molecule has 40 heavy (non-hydrogen) atoms. The number of ether oxygens (including phenoxy) is 4. The topological polar surface area (TPSA) is 129 Å². The Balaban J connectivity index is 1.50. The first-order valence-corrected chi connectivity index (χ1v) is 13.9. The van der Waals surface area contributed by atoms with Crippen molar-refractivity contribution in [3.63, 3.8) is 0 Å². The highest BCUT2D eigenvalue weighted by Gasteiger charge is 2.20. The highest BCUT2D eigenvalue weighted by atomic mass is 32.1. The minimum absolute atomic E-state index is 0.00346. The number of rotatable bonds is 12. The Kier molecular flexibility index (Phi) is 10.0. The second-order valence-electron chi connectivity index (χ2n) is 9.12. The lowest BCUT2D eigenvalue weighted by molar-refractivity contribution is -0.142. The first kappa shape index (κ1) is 29.0. The van der Waals surface area contributed by atoms with E-state index in [9.17, 15) is 14.4 Å². The number of nitrogens with zero attached hydrogens (tertiary/aromatic N) is 3. The summed E-state index contributed by atoms with van der Waals surface area (Å²) < 4.78 is 21.9. The van der Waals surface area contributed by atoms with E-state index in [0.717, 1.165) is 25.9 Å². The summed E-state index contributed by atoms with van der Waals surface area (Å²) in [6.07, 6.45) is 1.73. The molecule has 1 aromatic carbocycles. The summed E-state index contributed by atoms with van der Waals surface area (Å²) in [7, 11) is 1.56. The van der Waals surface area contributed by atoms with E-state index in [1.165, 1.54) is 23.5 Å². The fourth-order valence-corrected chi connectivity index (χ4v) is 4.77. The van der Waals surface area contributed by atoms with Crippen molar-refractivity contribution in [2.24, 2.45) is 0 Å². The molecule has 3 aromatic rings. The first-order chi connectivity index (χ1) is 19.3. The van der Waals surface area contributed by atoms with Gasteiger partial charge in [0.15, 0.2) is 5.13 Å². The van der Waals surface area contributed by atoms with E-state index >= 15 is 0 Å². The number of nitrogens with one attached hydrogen (secondary N) is 1. The van der Waals surface area contributed by atoms with E-state index in [-0.39, 0.29) is 48.3 Å². The molecule has 0 radical (unpaired) electrons. The van der Waals surface area contributed by atoms with Crippen LogP contribution in [-0.4, -0.2) is 72.2 Å².